The van der Waals surface area contributed by atoms with E-state index in [-0.39, 0.29) is 29.1 Å². The third-order valence-corrected chi connectivity index (χ3v) is 5.35. The maximum Gasteiger partial charge on any atom is 0.343 e. The minimum absolute atomic E-state index is 0.0732. The summed E-state index contributed by atoms with van der Waals surface area (Å²) in [5.41, 5.74) is 0.494. The minimum atomic E-state index is -0.647. The van der Waals surface area contributed by atoms with Crippen molar-refractivity contribution < 1.29 is 19.2 Å². The van der Waals surface area contributed by atoms with Gasteiger partial charge in [-0.15, -0.1) is 0 Å². The number of carbonyl (C=O) groups excluding carboxylic acids is 2. The second kappa shape index (κ2) is 10.0. The van der Waals surface area contributed by atoms with E-state index in [1.807, 2.05) is 0 Å². The highest BCUT2D eigenvalue weighted by atomic mass is 79.9. The highest BCUT2D eigenvalue weighted by Gasteiger charge is 2.20. The SMILES string of the molecule is O=C(Cc1cc(Br)cc(Br)c1OC(=O)c1cccc(Cl)c1)Nc1ccccc1[N+](=O)[O-]. The molecular formula is C21H13Br2ClN2O5. The summed E-state index contributed by atoms with van der Waals surface area (Å²) >= 11 is 12.6. The Labute approximate surface area is 198 Å². The van der Waals surface area contributed by atoms with Gasteiger partial charge in [0.2, 0.25) is 5.91 Å². The summed E-state index contributed by atoms with van der Waals surface area (Å²) in [5.74, 6) is -1.00. The average Bonchev–Trinajstić information content (AvgIpc) is 2.70. The number of carbonyl (C=O) groups is 2. The van der Waals surface area contributed by atoms with Crippen LogP contribution in [-0.4, -0.2) is 16.8 Å². The molecule has 0 saturated carbocycles. The quantitative estimate of drug-likeness (QED) is 0.166. The molecule has 10 heteroatoms. The fraction of sp³-hybridized carbons (Fsp3) is 0.0476. The van der Waals surface area contributed by atoms with E-state index in [0.717, 1.165) is 0 Å². The van der Waals surface area contributed by atoms with Crippen molar-refractivity contribution >= 4 is 66.7 Å². The summed E-state index contributed by atoms with van der Waals surface area (Å²) in [4.78, 5) is 35.8. The molecule has 0 heterocycles. The molecule has 0 saturated heterocycles. The average molecular weight is 569 g/mol. The number of ether oxygens (including phenoxy) is 1. The van der Waals surface area contributed by atoms with Crippen molar-refractivity contribution in [2.45, 2.75) is 6.42 Å². The number of hydrogen-bond acceptors (Lipinski definition) is 5. The molecular weight excluding hydrogens is 556 g/mol. The van der Waals surface area contributed by atoms with Crippen molar-refractivity contribution in [2.75, 3.05) is 5.32 Å². The van der Waals surface area contributed by atoms with Crippen LogP contribution in [0.4, 0.5) is 11.4 Å². The zero-order valence-corrected chi connectivity index (χ0v) is 19.5. The highest BCUT2D eigenvalue weighted by molar-refractivity contribution is 9.11. The monoisotopic (exact) mass is 566 g/mol. The van der Waals surface area contributed by atoms with Gasteiger partial charge < -0.3 is 10.1 Å². The first-order valence-electron chi connectivity index (χ1n) is 8.73. The third-order valence-electron chi connectivity index (χ3n) is 4.07. The molecule has 158 valence electrons. The lowest BCUT2D eigenvalue weighted by Gasteiger charge is -2.13. The zero-order chi connectivity index (χ0) is 22.5. The lowest BCUT2D eigenvalue weighted by Crippen LogP contribution is -2.17. The van der Waals surface area contributed by atoms with Gasteiger partial charge in [-0.3, -0.25) is 14.9 Å². The first kappa shape index (κ1) is 22.9. The van der Waals surface area contributed by atoms with Crippen LogP contribution < -0.4 is 10.1 Å². The fourth-order valence-corrected chi connectivity index (χ4v) is 4.32. The Bertz CT molecular complexity index is 1190. The maximum absolute atomic E-state index is 12.6. The molecule has 3 rings (SSSR count). The molecule has 3 aromatic carbocycles. The first-order chi connectivity index (χ1) is 14.7. The lowest BCUT2D eigenvalue weighted by molar-refractivity contribution is -0.383. The molecule has 0 aliphatic carbocycles. The van der Waals surface area contributed by atoms with Crippen LogP contribution in [0.2, 0.25) is 5.02 Å². The molecule has 0 aliphatic heterocycles. The number of hydrogen-bond donors (Lipinski definition) is 1. The van der Waals surface area contributed by atoms with Gasteiger partial charge in [0.25, 0.3) is 5.69 Å². The number of nitrogens with zero attached hydrogens (tertiary/aromatic N) is 1. The lowest BCUT2D eigenvalue weighted by atomic mass is 10.1. The van der Waals surface area contributed by atoms with E-state index in [2.05, 4.69) is 37.2 Å². The van der Waals surface area contributed by atoms with Crippen molar-refractivity contribution in [3.63, 3.8) is 0 Å². The number of nitro benzene ring substituents is 1. The van der Waals surface area contributed by atoms with Crippen molar-refractivity contribution in [1.29, 1.82) is 0 Å². The van der Waals surface area contributed by atoms with Gasteiger partial charge in [0.1, 0.15) is 11.4 Å². The Kier molecular flexibility index (Phi) is 7.42. The number of esters is 1. The second-order valence-corrected chi connectivity index (χ2v) is 8.48. The molecule has 0 bridgehead atoms. The summed E-state index contributed by atoms with van der Waals surface area (Å²) in [7, 11) is 0. The Morgan fingerprint density at radius 3 is 2.52 bits per heavy atom. The molecule has 7 nitrogen and oxygen atoms in total. The summed E-state index contributed by atoms with van der Waals surface area (Å²) in [6.07, 6.45) is -0.192. The third kappa shape index (κ3) is 5.90. The van der Waals surface area contributed by atoms with Crippen molar-refractivity contribution in [2.24, 2.45) is 0 Å². The molecule has 0 spiro atoms. The Hall–Kier alpha value is -2.75. The molecule has 0 fully saturated rings. The van der Waals surface area contributed by atoms with Crippen LogP contribution in [0.5, 0.6) is 5.75 Å². The number of benzene rings is 3. The summed E-state index contributed by atoms with van der Waals surface area (Å²) in [6, 6.07) is 15.4. The van der Waals surface area contributed by atoms with E-state index >= 15 is 0 Å². The molecule has 1 N–H and O–H groups in total. The van der Waals surface area contributed by atoms with Crippen molar-refractivity contribution in [3.05, 3.63) is 95.9 Å². The Morgan fingerprint density at radius 2 is 1.81 bits per heavy atom. The predicted molar refractivity (Wildman–Crippen MR) is 124 cm³/mol. The van der Waals surface area contributed by atoms with Crippen LogP contribution in [0.3, 0.4) is 0 Å². The maximum atomic E-state index is 12.6. The Balaban J connectivity index is 1.85. The number of nitrogens with one attached hydrogen (secondary N) is 1. The molecule has 0 aliphatic rings. The number of rotatable bonds is 6. The standard InChI is InChI=1S/C21H13Br2ClN2O5/c22-14-8-13(10-19(27)25-17-6-1-2-7-18(17)26(29)30)20(16(23)11-14)31-21(28)12-4-3-5-15(24)9-12/h1-9,11H,10H2,(H,25,27). The molecule has 1 amide bonds. The van der Waals surface area contributed by atoms with Crippen molar-refractivity contribution in [3.8, 4) is 5.75 Å². The number of anilines is 1. The van der Waals surface area contributed by atoms with Gasteiger partial charge in [-0.25, -0.2) is 4.79 Å². The van der Waals surface area contributed by atoms with Crippen LogP contribution in [0.1, 0.15) is 15.9 Å². The van der Waals surface area contributed by atoms with Crippen molar-refractivity contribution in [1.82, 2.24) is 0 Å². The second-order valence-electron chi connectivity index (χ2n) is 6.27. The van der Waals surface area contributed by atoms with E-state index in [9.17, 15) is 19.7 Å². The van der Waals surface area contributed by atoms with E-state index in [0.29, 0.717) is 19.5 Å². The number of para-hydroxylation sites is 2. The summed E-state index contributed by atoms with van der Waals surface area (Å²) in [5, 5.41) is 14.1. The van der Waals surface area contributed by atoms with Gasteiger partial charge >= 0.3 is 5.97 Å². The van der Waals surface area contributed by atoms with Gasteiger partial charge in [0, 0.05) is 21.1 Å². The Morgan fingerprint density at radius 1 is 1.06 bits per heavy atom. The number of amides is 1. The zero-order valence-electron chi connectivity index (χ0n) is 15.6. The molecule has 0 atom stereocenters. The molecule has 0 radical (unpaired) electrons. The van der Waals surface area contributed by atoms with Gasteiger partial charge in [-0.05, 0) is 52.3 Å². The van der Waals surface area contributed by atoms with Gasteiger partial charge in [-0.1, -0.05) is 45.7 Å². The van der Waals surface area contributed by atoms with E-state index < -0.39 is 16.8 Å². The molecule has 31 heavy (non-hydrogen) atoms. The smallest absolute Gasteiger partial charge is 0.343 e. The molecule has 3 aromatic rings. The van der Waals surface area contributed by atoms with Crippen LogP contribution in [0, 0.1) is 10.1 Å². The topological polar surface area (TPSA) is 98.5 Å². The summed E-state index contributed by atoms with van der Waals surface area (Å²) < 4.78 is 6.63. The normalized spacial score (nSPS) is 10.4. The van der Waals surface area contributed by atoms with Crippen LogP contribution in [0.25, 0.3) is 0 Å². The van der Waals surface area contributed by atoms with E-state index in [1.54, 1.807) is 36.4 Å². The van der Waals surface area contributed by atoms with Crippen LogP contribution in [-0.2, 0) is 11.2 Å². The van der Waals surface area contributed by atoms with Crippen LogP contribution >= 0.6 is 43.5 Å². The van der Waals surface area contributed by atoms with Gasteiger partial charge in [0.05, 0.1) is 21.4 Å². The fourth-order valence-electron chi connectivity index (χ4n) is 2.73. The van der Waals surface area contributed by atoms with E-state index in [4.69, 9.17) is 16.3 Å². The van der Waals surface area contributed by atoms with Crippen LogP contribution in [0.15, 0.2) is 69.6 Å². The molecule has 0 unspecified atom stereocenters. The molecule has 0 aromatic heterocycles. The minimum Gasteiger partial charge on any atom is -0.421 e. The first-order valence-corrected chi connectivity index (χ1v) is 10.7. The predicted octanol–water partition coefficient (Wildman–Crippen LogP) is 6.17. The highest BCUT2D eigenvalue weighted by Crippen LogP contribution is 2.34. The number of nitro groups is 1. The summed E-state index contributed by atoms with van der Waals surface area (Å²) in [6.45, 7) is 0. The van der Waals surface area contributed by atoms with Gasteiger partial charge in [0.15, 0.2) is 0 Å². The largest absolute Gasteiger partial charge is 0.421 e. The van der Waals surface area contributed by atoms with Gasteiger partial charge in [-0.2, -0.15) is 0 Å². The van der Waals surface area contributed by atoms with E-state index in [1.165, 1.54) is 24.3 Å². The number of halogens is 3.